The lowest BCUT2D eigenvalue weighted by Gasteiger charge is -2.14. The van der Waals surface area contributed by atoms with Crippen molar-refractivity contribution in [2.75, 3.05) is 6.26 Å². The molecule has 0 radical (unpaired) electrons. The highest BCUT2D eigenvalue weighted by Gasteiger charge is 2.15. The summed E-state index contributed by atoms with van der Waals surface area (Å²) in [7, 11) is -3.29. The first-order chi connectivity index (χ1) is 19.6. The van der Waals surface area contributed by atoms with Crippen molar-refractivity contribution in [1.29, 1.82) is 0 Å². The zero-order valence-corrected chi connectivity index (χ0v) is 23.0. The lowest BCUT2D eigenvalue weighted by Crippen LogP contribution is -2.24. The van der Waals surface area contributed by atoms with E-state index in [1.54, 1.807) is 30.3 Å². The Hall–Kier alpha value is -4.71. The molecule has 0 unspecified atom stereocenters. The number of aromatic nitrogens is 2. The van der Waals surface area contributed by atoms with Crippen molar-refractivity contribution in [2.24, 2.45) is 15.9 Å². The fraction of sp³-hybridized carbons (Fsp3) is 0.207. The van der Waals surface area contributed by atoms with Gasteiger partial charge >= 0.3 is 5.97 Å². The molecule has 0 atom stereocenters. The van der Waals surface area contributed by atoms with Crippen LogP contribution in [0.3, 0.4) is 0 Å². The van der Waals surface area contributed by atoms with E-state index in [4.69, 9.17) is 15.9 Å². The fourth-order valence-electron chi connectivity index (χ4n) is 4.24. The highest BCUT2D eigenvalue weighted by Crippen LogP contribution is 2.18. The molecule has 3 N–H and O–H groups in total. The van der Waals surface area contributed by atoms with Crippen LogP contribution < -0.4 is 11.4 Å². The van der Waals surface area contributed by atoms with Crippen molar-refractivity contribution in [3.8, 4) is 5.69 Å². The number of halogens is 1. The van der Waals surface area contributed by atoms with Gasteiger partial charge in [-0.3, -0.25) is 19.1 Å². The number of sulfone groups is 1. The smallest absolute Gasteiger partial charge is 0.303 e. The van der Waals surface area contributed by atoms with Gasteiger partial charge in [-0.05, 0) is 66.9 Å². The summed E-state index contributed by atoms with van der Waals surface area (Å²) in [6, 6.07) is 16.8. The molecule has 41 heavy (non-hydrogen) atoms. The number of nitrogens with zero attached hydrogens (tertiary/aromatic N) is 4. The van der Waals surface area contributed by atoms with Crippen molar-refractivity contribution >= 4 is 38.6 Å². The average Bonchev–Trinajstić information content (AvgIpc) is 2.94. The molecule has 0 bridgehead atoms. The molecule has 0 amide bonds. The van der Waals surface area contributed by atoms with E-state index in [1.807, 2.05) is 0 Å². The van der Waals surface area contributed by atoms with Crippen molar-refractivity contribution < 1.29 is 22.7 Å². The predicted molar refractivity (Wildman–Crippen MR) is 155 cm³/mol. The number of aliphatic imine (C=N–C) groups is 1. The van der Waals surface area contributed by atoms with Crippen LogP contribution >= 0.6 is 0 Å². The molecule has 0 fully saturated rings. The summed E-state index contributed by atoms with van der Waals surface area (Å²) in [5.41, 5.74) is 2.19. The molecule has 0 saturated carbocycles. The number of hydrogen-bond donors (Lipinski definition) is 2. The second kappa shape index (κ2) is 12.6. The summed E-state index contributed by atoms with van der Waals surface area (Å²) >= 11 is 0. The lowest BCUT2D eigenvalue weighted by atomic mass is 10.1. The van der Waals surface area contributed by atoms with E-state index in [0.717, 1.165) is 11.8 Å². The van der Waals surface area contributed by atoms with Gasteiger partial charge in [-0.2, -0.15) is 5.10 Å². The van der Waals surface area contributed by atoms with Gasteiger partial charge in [-0.25, -0.2) is 17.8 Å². The number of hydrazone groups is 1. The van der Waals surface area contributed by atoms with Crippen LogP contribution in [0, 0.1) is 5.82 Å². The molecule has 212 valence electrons. The minimum absolute atomic E-state index is 0.00395. The highest BCUT2D eigenvalue weighted by molar-refractivity contribution is 7.90. The number of carboxylic acids is 1. The van der Waals surface area contributed by atoms with E-state index < -0.39 is 21.6 Å². The average molecular weight is 578 g/mol. The van der Waals surface area contributed by atoms with Gasteiger partial charge in [0.25, 0.3) is 5.56 Å². The maximum atomic E-state index is 13.6. The SMILES string of the molecule is CS(=O)(=O)c1ccc(CN=CC(=NN)c2ccc3c(=O)n(-c4ccc(F)cc4)c(CCCCC(=O)O)nc3c2)cc1. The molecule has 3 aromatic carbocycles. The number of nitrogens with two attached hydrogens (primary N) is 1. The van der Waals surface area contributed by atoms with Crippen molar-refractivity contribution in [2.45, 2.75) is 37.1 Å². The van der Waals surface area contributed by atoms with Crippen LogP contribution in [0.4, 0.5) is 4.39 Å². The number of aliphatic carboxylic acids is 1. The number of carboxylic acid groups (broad SMARTS) is 1. The molecular weight excluding hydrogens is 549 g/mol. The quantitative estimate of drug-likeness (QED) is 0.119. The number of rotatable bonds is 11. The first-order valence-electron chi connectivity index (χ1n) is 12.7. The number of hydrogen-bond acceptors (Lipinski definition) is 8. The van der Waals surface area contributed by atoms with E-state index in [-0.39, 0.29) is 23.4 Å². The Morgan fingerprint density at radius 2 is 1.78 bits per heavy atom. The molecule has 4 aromatic rings. The standard InChI is InChI=1S/C29H28FN5O5S/c1-41(39,40)23-13-6-19(7-14-23)17-32-18-26(34-31)20-8-15-24-25(16-20)33-27(4-2-3-5-28(36)37)35(29(24)38)22-11-9-21(30)10-12-22/h6-16,18H,2-5,17,31H2,1H3,(H,36,37). The number of aryl methyl sites for hydroxylation is 1. The van der Waals surface area contributed by atoms with Gasteiger partial charge in [0.1, 0.15) is 17.4 Å². The minimum Gasteiger partial charge on any atom is -0.481 e. The number of carbonyl (C=O) groups is 1. The third-order valence-corrected chi connectivity index (χ3v) is 7.47. The van der Waals surface area contributed by atoms with Crippen LogP contribution in [0.25, 0.3) is 16.6 Å². The van der Waals surface area contributed by atoms with E-state index in [0.29, 0.717) is 53.0 Å². The topological polar surface area (TPSA) is 157 Å². The summed E-state index contributed by atoms with van der Waals surface area (Å²) in [5, 5.41) is 13.1. The molecule has 0 aliphatic carbocycles. The number of fused-ring (bicyclic) bond motifs is 1. The molecule has 0 aliphatic rings. The third kappa shape index (κ3) is 7.28. The maximum absolute atomic E-state index is 13.6. The molecule has 1 heterocycles. The summed E-state index contributed by atoms with van der Waals surface area (Å²) in [4.78, 5) is 33.8. The van der Waals surface area contributed by atoms with Gasteiger partial charge in [0, 0.05) is 30.9 Å². The number of benzene rings is 3. The summed E-state index contributed by atoms with van der Waals surface area (Å²) in [5.74, 6) is 4.71. The maximum Gasteiger partial charge on any atom is 0.303 e. The Morgan fingerprint density at radius 3 is 2.41 bits per heavy atom. The second-order valence-electron chi connectivity index (χ2n) is 9.38. The molecule has 0 saturated heterocycles. The van der Waals surface area contributed by atoms with Crippen LogP contribution in [-0.4, -0.2) is 47.2 Å². The Bertz CT molecular complexity index is 1800. The van der Waals surface area contributed by atoms with E-state index in [9.17, 15) is 22.4 Å². The Morgan fingerprint density at radius 1 is 1.07 bits per heavy atom. The molecule has 1 aromatic heterocycles. The molecule has 4 rings (SSSR count). The van der Waals surface area contributed by atoms with Crippen molar-refractivity contribution in [1.82, 2.24) is 9.55 Å². The lowest BCUT2D eigenvalue weighted by molar-refractivity contribution is -0.137. The molecule has 0 spiro atoms. The number of unbranched alkanes of at least 4 members (excludes halogenated alkanes) is 1. The molecular formula is C29H28FN5O5S. The molecule has 0 aliphatic heterocycles. The van der Waals surface area contributed by atoms with Crippen LogP contribution in [0.5, 0.6) is 0 Å². The van der Waals surface area contributed by atoms with Crippen LogP contribution in [0.2, 0.25) is 0 Å². The molecule has 12 heteroatoms. The second-order valence-corrected chi connectivity index (χ2v) is 11.4. The normalized spacial score (nSPS) is 12.3. The molecule has 10 nitrogen and oxygen atoms in total. The highest BCUT2D eigenvalue weighted by atomic mass is 32.2. The third-order valence-electron chi connectivity index (χ3n) is 6.34. The Balaban J connectivity index is 1.65. The first kappa shape index (κ1) is 29.3. The van der Waals surface area contributed by atoms with Crippen molar-refractivity contribution in [3.05, 3.63) is 99.9 Å². The van der Waals surface area contributed by atoms with Crippen LogP contribution in [-0.2, 0) is 27.6 Å². The van der Waals surface area contributed by atoms with Gasteiger partial charge in [-0.1, -0.05) is 18.2 Å². The minimum atomic E-state index is -3.29. The zero-order chi connectivity index (χ0) is 29.6. The van der Waals surface area contributed by atoms with Crippen LogP contribution in [0.1, 0.15) is 36.2 Å². The zero-order valence-electron chi connectivity index (χ0n) is 22.2. The summed E-state index contributed by atoms with van der Waals surface area (Å²) in [6.07, 6.45) is 3.84. The fourth-order valence-corrected chi connectivity index (χ4v) is 4.87. The van der Waals surface area contributed by atoms with Crippen molar-refractivity contribution in [3.63, 3.8) is 0 Å². The summed E-state index contributed by atoms with van der Waals surface area (Å²) < 4.78 is 38.3. The predicted octanol–water partition coefficient (Wildman–Crippen LogP) is 3.66. The van der Waals surface area contributed by atoms with Crippen LogP contribution in [0.15, 0.2) is 86.5 Å². The van der Waals surface area contributed by atoms with E-state index in [2.05, 4.69) is 10.1 Å². The van der Waals surface area contributed by atoms with Gasteiger partial charge in [-0.15, -0.1) is 0 Å². The van der Waals surface area contributed by atoms with E-state index in [1.165, 1.54) is 47.2 Å². The Kier molecular flexibility index (Phi) is 9.03. The van der Waals surface area contributed by atoms with Gasteiger partial charge in [0.2, 0.25) is 0 Å². The van der Waals surface area contributed by atoms with Gasteiger partial charge in [0.05, 0.1) is 28.0 Å². The van der Waals surface area contributed by atoms with Gasteiger partial charge in [0.15, 0.2) is 9.84 Å². The Labute approximate surface area is 235 Å². The summed E-state index contributed by atoms with van der Waals surface area (Å²) in [6.45, 7) is 0.262. The first-order valence-corrected chi connectivity index (χ1v) is 14.6. The largest absolute Gasteiger partial charge is 0.481 e. The van der Waals surface area contributed by atoms with Gasteiger partial charge < -0.3 is 10.9 Å². The monoisotopic (exact) mass is 577 g/mol. The van der Waals surface area contributed by atoms with E-state index >= 15 is 0 Å².